The predicted molar refractivity (Wildman–Crippen MR) is 111 cm³/mol. The van der Waals surface area contributed by atoms with Crippen LogP contribution in [0.15, 0.2) is 67.0 Å². The van der Waals surface area contributed by atoms with Crippen molar-refractivity contribution >= 4 is 27.9 Å². The van der Waals surface area contributed by atoms with Gasteiger partial charge >= 0.3 is 59.1 Å². The Hall–Kier alpha value is -2.19. The van der Waals surface area contributed by atoms with Crippen molar-refractivity contribution in [2.75, 3.05) is 13.2 Å². The van der Waals surface area contributed by atoms with Crippen LogP contribution < -0.4 is 89.8 Å². The van der Waals surface area contributed by atoms with E-state index in [2.05, 4.69) is 4.89 Å². The zero-order chi connectivity index (χ0) is 24.2. The SMILES string of the molecule is O=C([O-])c1cc(=O)c2c(OCC(O)COc3cccc4oc(CO[O-])cc(=O)c34)cccc2o1.[Na+].[Na+]. The third kappa shape index (κ3) is 6.76. The molecule has 176 valence electrons. The first kappa shape index (κ1) is 30.0. The van der Waals surface area contributed by atoms with Crippen LogP contribution in [-0.4, -0.2) is 30.4 Å². The average molecular weight is 514 g/mol. The molecule has 0 aliphatic rings. The summed E-state index contributed by atoms with van der Waals surface area (Å²) in [6, 6.07) is 10.9. The number of aliphatic hydroxyl groups is 1. The predicted octanol–water partition coefficient (Wildman–Crippen LogP) is -6.12. The summed E-state index contributed by atoms with van der Waals surface area (Å²) < 4.78 is 21.7. The van der Waals surface area contributed by atoms with E-state index in [9.17, 15) is 29.9 Å². The first-order chi connectivity index (χ1) is 16.4. The Bertz CT molecular complexity index is 1480. The van der Waals surface area contributed by atoms with Gasteiger partial charge in [-0.3, -0.25) is 9.59 Å². The molecule has 0 bridgehead atoms. The van der Waals surface area contributed by atoms with E-state index >= 15 is 0 Å². The normalized spacial score (nSPS) is 11.4. The molecule has 2 heterocycles. The Labute approximate surface area is 246 Å². The summed E-state index contributed by atoms with van der Waals surface area (Å²) in [6.07, 6.45) is -1.17. The third-order valence-corrected chi connectivity index (χ3v) is 4.75. The quantitative estimate of drug-likeness (QED) is 0.128. The van der Waals surface area contributed by atoms with Crippen LogP contribution in [0.2, 0.25) is 0 Å². The fourth-order valence-electron chi connectivity index (χ4n) is 3.30. The topological polar surface area (TPSA) is 172 Å². The number of hydrogen-bond donors (Lipinski definition) is 1. The minimum Gasteiger partial charge on any atom is -0.723 e. The second-order valence-electron chi connectivity index (χ2n) is 7.14. The fraction of sp³-hybridized carbons (Fsp3) is 0.174. The summed E-state index contributed by atoms with van der Waals surface area (Å²) in [6.45, 7) is -0.962. The second-order valence-corrected chi connectivity index (χ2v) is 7.14. The van der Waals surface area contributed by atoms with Crippen LogP contribution in [-0.2, 0) is 11.5 Å². The van der Waals surface area contributed by atoms with Crippen molar-refractivity contribution in [2.45, 2.75) is 12.7 Å². The first-order valence-electron chi connectivity index (χ1n) is 9.89. The van der Waals surface area contributed by atoms with Gasteiger partial charge in [0.1, 0.15) is 64.5 Å². The summed E-state index contributed by atoms with van der Waals surface area (Å²) in [5.74, 6) is -1.95. The van der Waals surface area contributed by atoms with E-state index in [1.165, 1.54) is 30.3 Å². The van der Waals surface area contributed by atoms with Crippen molar-refractivity contribution in [1.82, 2.24) is 0 Å². The number of carboxylic acid groups (broad SMARTS) is 1. The van der Waals surface area contributed by atoms with Crippen molar-refractivity contribution in [3.8, 4) is 11.5 Å². The van der Waals surface area contributed by atoms with Gasteiger partial charge in [-0.25, -0.2) is 0 Å². The monoisotopic (exact) mass is 514 g/mol. The molecule has 0 aliphatic carbocycles. The molecule has 4 rings (SSSR count). The van der Waals surface area contributed by atoms with E-state index in [1.54, 1.807) is 6.07 Å². The number of aromatic carboxylic acids is 1. The minimum absolute atomic E-state index is 0. The van der Waals surface area contributed by atoms with Crippen LogP contribution in [0.1, 0.15) is 16.3 Å². The number of benzene rings is 2. The summed E-state index contributed by atoms with van der Waals surface area (Å²) in [5.41, 5.74) is -0.931. The van der Waals surface area contributed by atoms with Gasteiger partial charge < -0.3 is 43.5 Å². The van der Waals surface area contributed by atoms with E-state index in [4.69, 9.17) is 18.3 Å². The zero-order valence-corrected chi connectivity index (χ0v) is 23.3. The van der Waals surface area contributed by atoms with E-state index in [0.29, 0.717) is 0 Å². The van der Waals surface area contributed by atoms with E-state index in [-0.39, 0.29) is 112 Å². The van der Waals surface area contributed by atoms with Crippen molar-refractivity contribution < 1.29 is 103 Å². The molecule has 0 amide bonds. The molecule has 1 unspecified atom stereocenters. The Kier molecular flexibility index (Phi) is 11.2. The molecule has 1 N–H and O–H groups in total. The Morgan fingerprint density at radius 1 is 0.889 bits per heavy atom. The number of carboxylic acids is 1. The van der Waals surface area contributed by atoms with Crippen molar-refractivity contribution in [2.24, 2.45) is 0 Å². The summed E-state index contributed by atoms with van der Waals surface area (Å²) >= 11 is 0. The number of fused-ring (bicyclic) bond motifs is 2. The molecule has 2 aromatic heterocycles. The molecule has 0 radical (unpaired) electrons. The van der Waals surface area contributed by atoms with Gasteiger partial charge in [-0.2, -0.15) is 0 Å². The molecule has 0 fully saturated rings. The molecule has 1 atom stereocenters. The molecule has 13 heteroatoms. The maximum absolute atomic E-state index is 12.4. The standard InChI is InChI=1S/C23H18O11.2Na/c24-12(9-30-16-3-1-5-18-21(16)14(25)7-13(33-18)11-32-29)10-31-17-4-2-6-19-22(17)15(26)8-20(34-19)23(27)28;;/h1-8,12,24,29H,9-11H2,(H,27,28);;/q;2*+1/p-2. The average Bonchev–Trinajstić information content (AvgIpc) is 2.81. The molecule has 4 aromatic rings. The van der Waals surface area contributed by atoms with Crippen LogP contribution >= 0.6 is 0 Å². The van der Waals surface area contributed by atoms with Gasteiger partial charge in [0.05, 0.1) is 6.61 Å². The van der Waals surface area contributed by atoms with Crippen molar-refractivity contribution in [1.29, 1.82) is 0 Å². The van der Waals surface area contributed by atoms with Crippen molar-refractivity contribution in [3.05, 3.63) is 80.5 Å². The Morgan fingerprint density at radius 2 is 1.42 bits per heavy atom. The fourth-order valence-corrected chi connectivity index (χ4v) is 3.30. The van der Waals surface area contributed by atoms with Crippen molar-refractivity contribution in [3.63, 3.8) is 0 Å². The molecular weight excluding hydrogens is 498 g/mol. The molecule has 0 spiro atoms. The number of hydrogen-bond acceptors (Lipinski definition) is 11. The molecular formula is C23H16Na2O11. The third-order valence-electron chi connectivity index (χ3n) is 4.75. The molecule has 0 saturated carbocycles. The summed E-state index contributed by atoms with van der Waals surface area (Å²) in [5, 5.41) is 31.7. The number of aliphatic hydroxyl groups excluding tert-OH is 1. The molecule has 2 aromatic carbocycles. The number of carbonyl (C=O) groups is 1. The molecule has 36 heavy (non-hydrogen) atoms. The van der Waals surface area contributed by atoms with Crippen LogP contribution in [0.5, 0.6) is 11.5 Å². The number of rotatable bonds is 9. The summed E-state index contributed by atoms with van der Waals surface area (Å²) in [4.78, 5) is 39.4. The largest absolute Gasteiger partial charge is 1.00 e. The van der Waals surface area contributed by atoms with Gasteiger partial charge in [0, 0.05) is 12.1 Å². The smallest absolute Gasteiger partial charge is 0.723 e. The van der Waals surface area contributed by atoms with Crippen LogP contribution in [0.3, 0.4) is 0 Å². The van der Waals surface area contributed by atoms with E-state index in [1.807, 2.05) is 0 Å². The Morgan fingerprint density at radius 3 is 1.94 bits per heavy atom. The van der Waals surface area contributed by atoms with Gasteiger partial charge in [-0.05, 0) is 24.3 Å². The first-order valence-corrected chi connectivity index (χ1v) is 9.89. The molecule has 0 aliphatic heterocycles. The summed E-state index contributed by atoms with van der Waals surface area (Å²) in [7, 11) is 0. The molecule has 0 saturated heterocycles. The van der Waals surface area contributed by atoms with Gasteiger partial charge in [0.15, 0.2) is 16.6 Å². The second kappa shape index (κ2) is 13.4. The van der Waals surface area contributed by atoms with E-state index in [0.717, 1.165) is 12.1 Å². The minimum atomic E-state index is -1.63. The maximum atomic E-state index is 12.4. The van der Waals surface area contributed by atoms with Gasteiger partial charge in [0.25, 0.3) is 0 Å². The number of ether oxygens (including phenoxy) is 2. The van der Waals surface area contributed by atoms with Gasteiger partial charge in [-0.15, -0.1) is 0 Å². The van der Waals surface area contributed by atoms with Gasteiger partial charge in [0.2, 0.25) is 0 Å². The zero-order valence-electron chi connectivity index (χ0n) is 19.3. The van der Waals surface area contributed by atoms with Crippen LogP contribution in [0.25, 0.3) is 21.9 Å². The Balaban J connectivity index is 0.00000228. The maximum Gasteiger partial charge on any atom is 1.00 e. The molecule has 11 nitrogen and oxygen atoms in total. The van der Waals surface area contributed by atoms with Crippen LogP contribution in [0.4, 0.5) is 0 Å². The number of carbonyl (C=O) groups excluding carboxylic acids is 1. The van der Waals surface area contributed by atoms with Gasteiger partial charge in [-0.1, -0.05) is 12.1 Å². The van der Waals surface area contributed by atoms with E-state index < -0.39 is 35.3 Å². The van der Waals surface area contributed by atoms with Crippen LogP contribution in [0, 0.1) is 0 Å².